The van der Waals surface area contributed by atoms with Crippen LogP contribution in [0.25, 0.3) is 0 Å². The number of ether oxygens (including phenoxy) is 1. The lowest BCUT2D eigenvalue weighted by Crippen LogP contribution is -2.47. The van der Waals surface area contributed by atoms with E-state index in [9.17, 15) is 9.59 Å². The second kappa shape index (κ2) is 7.13. The lowest BCUT2D eigenvalue weighted by molar-refractivity contribution is -0.131. The topological polar surface area (TPSA) is 83.6 Å². The van der Waals surface area contributed by atoms with Gasteiger partial charge in [-0.3, -0.25) is 4.79 Å². The Kier molecular flexibility index (Phi) is 4.70. The number of aromatic nitrogens is 1. The molecule has 3 aliphatic rings. The van der Waals surface area contributed by atoms with Crippen molar-refractivity contribution in [2.24, 2.45) is 5.92 Å². The van der Waals surface area contributed by atoms with E-state index in [2.05, 4.69) is 15.6 Å². The highest BCUT2D eigenvalue weighted by molar-refractivity contribution is 5.89. The molecule has 7 heteroatoms. The number of piperidine rings is 1. The Balaban J connectivity index is 1.38. The van der Waals surface area contributed by atoms with Gasteiger partial charge in [-0.15, -0.1) is 0 Å². The molecule has 0 aromatic carbocycles. The number of methoxy groups -OCH3 is 1. The highest BCUT2D eigenvalue weighted by atomic mass is 16.5. The fourth-order valence-corrected chi connectivity index (χ4v) is 4.17. The van der Waals surface area contributed by atoms with Crippen LogP contribution in [0.2, 0.25) is 0 Å². The molecule has 1 aromatic rings. The molecule has 3 atom stereocenters. The van der Waals surface area contributed by atoms with Crippen molar-refractivity contribution >= 4 is 11.9 Å². The van der Waals surface area contributed by atoms with Crippen molar-refractivity contribution in [2.75, 3.05) is 13.7 Å². The van der Waals surface area contributed by atoms with Gasteiger partial charge in [0.05, 0.1) is 13.2 Å². The second-order valence-electron chi connectivity index (χ2n) is 7.54. The zero-order valence-corrected chi connectivity index (χ0v) is 15.1. The molecule has 0 radical (unpaired) electrons. The molecule has 3 unspecified atom stereocenters. The molecule has 140 valence electrons. The number of fused-ring (bicyclic) bond motifs is 1. The summed E-state index contributed by atoms with van der Waals surface area (Å²) in [6, 6.07) is 3.31. The molecule has 0 bridgehead atoms. The predicted octanol–water partition coefficient (Wildman–Crippen LogP) is 1.99. The van der Waals surface area contributed by atoms with Gasteiger partial charge in [-0.25, -0.2) is 9.78 Å². The molecular weight excluding hydrogens is 332 g/mol. The van der Waals surface area contributed by atoms with Gasteiger partial charge in [0.15, 0.2) is 0 Å². The fourth-order valence-electron chi connectivity index (χ4n) is 4.17. The standard InChI is InChI=1S/C19H26N4O3/c1-26-16-8-7-13(11-20-16)17(12-5-6-12)22-19(25)21-15-10-14-4-2-3-9-23(14)18(15)24/h7-8,11-12,14-15,17H,2-6,9-10H2,1H3,(H2,21,22,25). The number of hydrogen-bond acceptors (Lipinski definition) is 4. The Morgan fingerprint density at radius 3 is 2.81 bits per heavy atom. The van der Waals surface area contributed by atoms with Gasteiger partial charge in [0.2, 0.25) is 11.8 Å². The van der Waals surface area contributed by atoms with Crippen LogP contribution in [0.1, 0.15) is 50.1 Å². The van der Waals surface area contributed by atoms with E-state index in [1.54, 1.807) is 13.3 Å². The first kappa shape index (κ1) is 17.1. The van der Waals surface area contributed by atoms with Crippen LogP contribution < -0.4 is 15.4 Å². The summed E-state index contributed by atoms with van der Waals surface area (Å²) in [4.78, 5) is 31.2. The summed E-state index contributed by atoms with van der Waals surface area (Å²) >= 11 is 0. The SMILES string of the molecule is COc1ccc(C(NC(=O)NC2CC3CCCCN3C2=O)C2CC2)cn1. The molecule has 2 saturated heterocycles. The molecule has 1 aromatic heterocycles. The zero-order chi connectivity index (χ0) is 18.1. The van der Waals surface area contributed by atoms with E-state index >= 15 is 0 Å². The van der Waals surface area contributed by atoms with Crippen LogP contribution in [-0.2, 0) is 4.79 Å². The highest BCUT2D eigenvalue weighted by Crippen LogP contribution is 2.41. The Morgan fingerprint density at radius 2 is 2.15 bits per heavy atom. The minimum Gasteiger partial charge on any atom is -0.481 e. The third-order valence-corrected chi connectivity index (χ3v) is 5.73. The van der Waals surface area contributed by atoms with E-state index in [1.807, 2.05) is 17.0 Å². The number of nitrogens with one attached hydrogen (secondary N) is 2. The van der Waals surface area contributed by atoms with Crippen LogP contribution in [0.3, 0.4) is 0 Å². The zero-order valence-electron chi connectivity index (χ0n) is 15.1. The maximum Gasteiger partial charge on any atom is 0.315 e. The number of nitrogens with zero attached hydrogens (tertiary/aromatic N) is 2. The Hall–Kier alpha value is -2.31. The summed E-state index contributed by atoms with van der Waals surface area (Å²) in [7, 11) is 1.58. The first-order valence-electron chi connectivity index (χ1n) is 9.53. The van der Waals surface area contributed by atoms with Crippen molar-refractivity contribution < 1.29 is 14.3 Å². The quantitative estimate of drug-likeness (QED) is 0.843. The number of carbonyl (C=O) groups excluding carboxylic acids is 2. The number of rotatable bonds is 5. The van der Waals surface area contributed by atoms with Crippen LogP contribution in [0.5, 0.6) is 5.88 Å². The van der Waals surface area contributed by atoms with E-state index in [0.717, 1.165) is 44.2 Å². The van der Waals surface area contributed by atoms with Gasteiger partial charge in [0.25, 0.3) is 0 Å². The summed E-state index contributed by atoms with van der Waals surface area (Å²) in [6.07, 6.45) is 7.95. The first-order chi connectivity index (χ1) is 12.7. The molecule has 1 aliphatic carbocycles. The van der Waals surface area contributed by atoms with Gasteiger partial charge in [0, 0.05) is 24.8 Å². The molecule has 2 N–H and O–H groups in total. The predicted molar refractivity (Wildman–Crippen MR) is 95.7 cm³/mol. The number of urea groups is 1. The van der Waals surface area contributed by atoms with Crippen molar-refractivity contribution in [3.05, 3.63) is 23.9 Å². The van der Waals surface area contributed by atoms with Crippen molar-refractivity contribution in [1.82, 2.24) is 20.5 Å². The van der Waals surface area contributed by atoms with Crippen molar-refractivity contribution in [2.45, 2.75) is 56.7 Å². The van der Waals surface area contributed by atoms with E-state index in [4.69, 9.17) is 4.74 Å². The van der Waals surface area contributed by atoms with Crippen LogP contribution in [0, 0.1) is 5.92 Å². The summed E-state index contributed by atoms with van der Waals surface area (Å²) in [5.41, 5.74) is 0.971. The third kappa shape index (κ3) is 3.48. The van der Waals surface area contributed by atoms with Gasteiger partial charge in [-0.1, -0.05) is 6.07 Å². The van der Waals surface area contributed by atoms with Crippen molar-refractivity contribution in [3.8, 4) is 5.88 Å². The maximum absolute atomic E-state index is 12.6. The maximum atomic E-state index is 12.6. The minimum atomic E-state index is -0.396. The van der Waals surface area contributed by atoms with E-state index in [-0.39, 0.29) is 18.0 Å². The molecule has 3 amide bonds. The van der Waals surface area contributed by atoms with E-state index in [1.165, 1.54) is 6.42 Å². The summed E-state index contributed by atoms with van der Waals surface area (Å²) < 4.78 is 5.10. The molecule has 3 fully saturated rings. The lowest BCUT2D eigenvalue weighted by atomic mass is 10.0. The third-order valence-electron chi connectivity index (χ3n) is 5.73. The average molecular weight is 358 g/mol. The highest BCUT2D eigenvalue weighted by Gasteiger charge is 2.41. The average Bonchev–Trinajstić information content (AvgIpc) is 3.46. The molecule has 4 rings (SSSR count). The van der Waals surface area contributed by atoms with E-state index in [0.29, 0.717) is 17.8 Å². The van der Waals surface area contributed by atoms with Gasteiger partial charge in [-0.2, -0.15) is 0 Å². The molecule has 2 aliphatic heterocycles. The monoisotopic (exact) mass is 358 g/mol. The molecule has 0 spiro atoms. The van der Waals surface area contributed by atoms with Gasteiger partial charge < -0.3 is 20.3 Å². The summed E-state index contributed by atoms with van der Waals surface area (Å²) in [5.74, 6) is 1.06. The Bertz CT molecular complexity index is 674. The molecular formula is C19H26N4O3. The fraction of sp³-hybridized carbons (Fsp3) is 0.632. The van der Waals surface area contributed by atoms with Crippen LogP contribution in [-0.4, -0.2) is 47.6 Å². The summed E-state index contributed by atoms with van der Waals surface area (Å²) in [5, 5.41) is 5.96. The summed E-state index contributed by atoms with van der Waals surface area (Å²) in [6.45, 7) is 0.825. The van der Waals surface area contributed by atoms with Crippen LogP contribution >= 0.6 is 0 Å². The first-order valence-corrected chi connectivity index (χ1v) is 9.53. The molecule has 3 heterocycles. The minimum absolute atomic E-state index is 0.0685. The molecule has 26 heavy (non-hydrogen) atoms. The number of hydrogen-bond donors (Lipinski definition) is 2. The number of amides is 3. The van der Waals surface area contributed by atoms with Crippen LogP contribution in [0.15, 0.2) is 18.3 Å². The smallest absolute Gasteiger partial charge is 0.315 e. The number of pyridine rings is 1. The van der Waals surface area contributed by atoms with Gasteiger partial charge in [-0.05, 0) is 50.0 Å². The normalized spacial score (nSPS) is 26.2. The van der Waals surface area contributed by atoms with Crippen LogP contribution in [0.4, 0.5) is 4.79 Å². The molecule has 1 saturated carbocycles. The number of carbonyl (C=O) groups is 2. The van der Waals surface area contributed by atoms with Crippen molar-refractivity contribution in [1.29, 1.82) is 0 Å². The van der Waals surface area contributed by atoms with E-state index < -0.39 is 6.04 Å². The van der Waals surface area contributed by atoms with Gasteiger partial charge >= 0.3 is 6.03 Å². The second-order valence-corrected chi connectivity index (χ2v) is 7.54. The van der Waals surface area contributed by atoms with Gasteiger partial charge in [0.1, 0.15) is 6.04 Å². The Morgan fingerprint density at radius 1 is 1.31 bits per heavy atom. The largest absolute Gasteiger partial charge is 0.481 e. The lowest BCUT2D eigenvalue weighted by Gasteiger charge is -2.28. The molecule has 7 nitrogen and oxygen atoms in total. The van der Waals surface area contributed by atoms with Crippen molar-refractivity contribution in [3.63, 3.8) is 0 Å². The Labute approximate surface area is 153 Å².